The number of hydrogen-bond acceptors (Lipinski definition) is 6. The number of rotatable bonds is 7. The summed E-state index contributed by atoms with van der Waals surface area (Å²) in [6, 6.07) is 16.9. The zero-order chi connectivity index (χ0) is 21.5. The Balaban J connectivity index is 1.92. The van der Waals surface area contributed by atoms with Gasteiger partial charge in [0.25, 0.3) is 0 Å². The molecular weight excluding hydrogens is 388 g/mol. The summed E-state index contributed by atoms with van der Waals surface area (Å²) in [7, 11) is 0. The molecule has 3 rings (SSSR count). The van der Waals surface area contributed by atoms with E-state index in [4.69, 9.17) is 9.47 Å². The molecule has 0 aliphatic rings. The molecule has 0 fully saturated rings. The molecule has 0 bridgehead atoms. The SMILES string of the molecule is CCCC(=O)Oc1c([N+](=O)[O-])cc(NC(=O)OCc2ccccc2)c2ccccc12. The monoisotopic (exact) mass is 408 g/mol. The first-order valence-electron chi connectivity index (χ1n) is 9.38. The van der Waals surface area contributed by atoms with Crippen LogP contribution in [0, 0.1) is 10.1 Å². The number of hydrogen-bond donors (Lipinski definition) is 1. The van der Waals surface area contributed by atoms with Crippen molar-refractivity contribution in [1.29, 1.82) is 0 Å². The van der Waals surface area contributed by atoms with Crippen molar-refractivity contribution in [3.05, 3.63) is 76.3 Å². The van der Waals surface area contributed by atoms with Gasteiger partial charge in [0.05, 0.1) is 10.6 Å². The van der Waals surface area contributed by atoms with Crippen LogP contribution in [0.4, 0.5) is 16.2 Å². The van der Waals surface area contributed by atoms with Crippen molar-refractivity contribution in [1.82, 2.24) is 0 Å². The van der Waals surface area contributed by atoms with Crippen molar-refractivity contribution < 1.29 is 24.0 Å². The minimum Gasteiger partial charge on any atom is -0.444 e. The molecule has 1 N–H and O–H groups in total. The van der Waals surface area contributed by atoms with Crippen LogP contribution in [0.25, 0.3) is 10.8 Å². The Labute approximate surface area is 172 Å². The highest BCUT2D eigenvalue weighted by Crippen LogP contribution is 2.40. The van der Waals surface area contributed by atoms with E-state index in [0.717, 1.165) is 5.56 Å². The first-order valence-corrected chi connectivity index (χ1v) is 9.38. The molecule has 0 radical (unpaired) electrons. The summed E-state index contributed by atoms with van der Waals surface area (Å²) in [6.07, 6.45) is -0.0663. The standard InChI is InChI=1S/C22H20N2O6/c1-2-8-20(25)30-21-17-12-7-6-11-16(17)18(13-19(21)24(27)28)23-22(26)29-14-15-9-4-3-5-10-15/h3-7,9-13H,2,8,14H2,1H3,(H,23,26). The fourth-order valence-electron chi connectivity index (χ4n) is 2.92. The lowest BCUT2D eigenvalue weighted by Gasteiger charge is -2.13. The average molecular weight is 408 g/mol. The number of anilines is 1. The Kier molecular flexibility index (Phi) is 6.59. The molecule has 8 nitrogen and oxygen atoms in total. The predicted molar refractivity (Wildman–Crippen MR) is 111 cm³/mol. The van der Waals surface area contributed by atoms with Crippen molar-refractivity contribution in [2.45, 2.75) is 26.4 Å². The third-order valence-corrected chi connectivity index (χ3v) is 4.29. The van der Waals surface area contributed by atoms with Gasteiger partial charge in [-0.3, -0.25) is 20.2 Å². The summed E-state index contributed by atoms with van der Waals surface area (Å²) in [6.45, 7) is 1.86. The zero-order valence-corrected chi connectivity index (χ0v) is 16.3. The van der Waals surface area contributed by atoms with Crippen molar-refractivity contribution >= 4 is 34.2 Å². The summed E-state index contributed by atoms with van der Waals surface area (Å²) >= 11 is 0. The van der Waals surface area contributed by atoms with Gasteiger partial charge in [0, 0.05) is 23.3 Å². The topological polar surface area (TPSA) is 108 Å². The fourth-order valence-corrected chi connectivity index (χ4v) is 2.92. The molecule has 30 heavy (non-hydrogen) atoms. The number of nitro benzene ring substituents is 1. The summed E-state index contributed by atoms with van der Waals surface area (Å²) in [5.41, 5.74) is 0.573. The van der Waals surface area contributed by atoms with Crippen LogP contribution in [-0.4, -0.2) is 17.0 Å². The fraction of sp³-hybridized carbons (Fsp3) is 0.182. The Bertz CT molecular complexity index is 1080. The Morgan fingerprint density at radius 2 is 1.70 bits per heavy atom. The van der Waals surface area contributed by atoms with Crippen LogP contribution in [0.5, 0.6) is 5.75 Å². The first kappa shape index (κ1) is 20.8. The smallest absolute Gasteiger partial charge is 0.411 e. The van der Waals surface area contributed by atoms with E-state index >= 15 is 0 Å². The van der Waals surface area contributed by atoms with Gasteiger partial charge in [-0.15, -0.1) is 0 Å². The van der Waals surface area contributed by atoms with E-state index in [1.54, 1.807) is 24.3 Å². The second-order valence-corrected chi connectivity index (χ2v) is 6.49. The van der Waals surface area contributed by atoms with Crippen LogP contribution in [0.1, 0.15) is 25.3 Å². The molecule has 0 saturated carbocycles. The molecule has 0 aromatic heterocycles. The van der Waals surface area contributed by atoms with Gasteiger partial charge in [-0.05, 0) is 12.0 Å². The van der Waals surface area contributed by atoms with E-state index in [9.17, 15) is 19.7 Å². The molecule has 0 aliphatic carbocycles. The summed E-state index contributed by atoms with van der Waals surface area (Å²) in [4.78, 5) is 35.2. The lowest BCUT2D eigenvalue weighted by molar-refractivity contribution is -0.385. The van der Waals surface area contributed by atoms with Gasteiger partial charge in [-0.2, -0.15) is 0 Å². The maximum Gasteiger partial charge on any atom is 0.411 e. The number of ether oxygens (including phenoxy) is 2. The molecule has 3 aromatic carbocycles. The second kappa shape index (κ2) is 9.51. The van der Waals surface area contributed by atoms with Crippen molar-refractivity contribution in [2.75, 3.05) is 5.32 Å². The number of fused-ring (bicyclic) bond motifs is 1. The number of benzene rings is 3. The van der Waals surface area contributed by atoms with Crippen LogP contribution in [0.3, 0.4) is 0 Å². The quantitative estimate of drug-likeness (QED) is 0.249. The number of carbonyl (C=O) groups is 2. The van der Waals surface area contributed by atoms with E-state index in [2.05, 4.69) is 5.32 Å². The van der Waals surface area contributed by atoms with E-state index in [1.807, 2.05) is 37.3 Å². The van der Waals surface area contributed by atoms with Crippen molar-refractivity contribution in [3.63, 3.8) is 0 Å². The minimum absolute atomic E-state index is 0.0550. The third-order valence-electron chi connectivity index (χ3n) is 4.29. The molecule has 8 heteroatoms. The number of nitro groups is 1. The molecule has 3 aromatic rings. The van der Waals surface area contributed by atoms with Crippen molar-refractivity contribution in [2.24, 2.45) is 0 Å². The molecule has 154 valence electrons. The number of nitrogens with zero attached hydrogens (tertiary/aromatic N) is 1. The van der Waals surface area contributed by atoms with Gasteiger partial charge in [0.1, 0.15) is 6.61 Å². The van der Waals surface area contributed by atoms with Gasteiger partial charge < -0.3 is 9.47 Å². The lowest BCUT2D eigenvalue weighted by Crippen LogP contribution is -2.15. The van der Waals surface area contributed by atoms with Gasteiger partial charge in [-0.25, -0.2) is 4.79 Å². The van der Waals surface area contributed by atoms with Gasteiger partial charge in [0.2, 0.25) is 5.75 Å². The molecule has 0 unspecified atom stereocenters. The summed E-state index contributed by atoms with van der Waals surface area (Å²) in [5.74, 6) is -0.703. The Morgan fingerprint density at radius 1 is 1.03 bits per heavy atom. The van der Waals surface area contributed by atoms with Crippen molar-refractivity contribution in [3.8, 4) is 5.75 Å². The maximum absolute atomic E-state index is 12.3. The number of nitrogens with one attached hydrogen (secondary N) is 1. The molecular formula is C22H20N2O6. The lowest BCUT2D eigenvalue weighted by atomic mass is 10.1. The van der Waals surface area contributed by atoms with Gasteiger partial charge in [0.15, 0.2) is 0 Å². The molecule has 0 spiro atoms. The van der Waals surface area contributed by atoms with E-state index in [0.29, 0.717) is 17.2 Å². The summed E-state index contributed by atoms with van der Waals surface area (Å²) in [5, 5.41) is 15.0. The zero-order valence-electron chi connectivity index (χ0n) is 16.3. The van der Waals surface area contributed by atoms with Crippen LogP contribution < -0.4 is 10.1 Å². The molecule has 0 heterocycles. The van der Waals surface area contributed by atoms with E-state index in [-0.39, 0.29) is 24.5 Å². The predicted octanol–water partition coefficient (Wildman–Crippen LogP) is 5.20. The molecule has 1 amide bonds. The molecule has 0 saturated heterocycles. The normalized spacial score (nSPS) is 10.4. The highest BCUT2D eigenvalue weighted by Gasteiger charge is 2.24. The van der Waals surface area contributed by atoms with Gasteiger partial charge >= 0.3 is 17.7 Å². The maximum atomic E-state index is 12.3. The van der Waals surface area contributed by atoms with E-state index < -0.39 is 22.7 Å². The number of esters is 1. The number of amides is 1. The first-order chi connectivity index (χ1) is 14.5. The highest BCUT2D eigenvalue weighted by molar-refractivity contribution is 6.05. The highest BCUT2D eigenvalue weighted by atomic mass is 16.6. The molecule has 0 atom stereocenters. The Morgan fingerprint density at radius 3 is 2.37 bits per heavy atom. The Hall–Kier alpha value is -3.94. The third kappa shape index (κ3) is 4.91. The average Bonchev–Trinajstić information content (AvgIpc) is 2.74. The largest absolute Gasteiger partial charge is 0.444 e. The van der Waals surface area contributed by atoms with Crippen LogP contribution in [0.2, 0.25) is 0 Å². The number of carbonyl (C=O) groups excluding carboxylic acids is 2. The van der Waals surface area contributed by atoms with E-state index in [1.165, 1.54) is 6.07 Å². The molecule has 0 aliphatic heterocycles. The summed E-state index contributed by atoms with van der Waals surface area (Å²) < 4.78 is 10.5. The second-order valence-electron chi connectivity index (χ2n) is 6.49. The van der Waals surface area contributed by atoms with Crippen LogP contribution in [-0.2, 0) is 16.1 Å². The minimum atomic E-state index is -0.756. The van der Waals surface area contributed by atoms with Crippen LogP contribution in [0.15, 0.2) is 60.7 Å². The van der Waals surface area contributed by atoms with Gasteiger partial charge in [-0.1, -0.05) is 61.5 Å². The van der Waals surface area contributed by atoms with Crippen LogP contribution >= 0.6 is 0 Å².